The molecule has 0 radical (unpaired) electrons. The van der Waals surface area contributed by atoms with Gasteiger partial charge in [0.2, 0.25) is 5.75 Å². The highest BCUT2D eigenvalue weighted by atomic mass is 16.5. The minimum atomic E-state index is 0.595. The Labute approximate surface area is 118 Å². The van der Waals surface area contributed by atoms with E-state index in [4.69, 9.17) is 9.47 Å². The van der Waals surface area contributed by atoms with Crippen molar-refractivity contribution >= 4 is 11.6 Å². The maximum atomic E-state index is 5.33. The fourth-order valence-corrected chi connectivity index (χ4v) is 1.84. The molecule has 0 bridgehead atoms. The smallest absolute Gasteiger partial charge is 0.204 e. The standard InChI is InChI=1S/C14H18N4O2/c1-15-13-12(20-3)14(18-9-17-13)16-8-10-5-4-6-11(7-10)19-2/h4-7,9H,8H2,1-3H3,(H2,15,16,17,18). The van der Waals surface area contributed by atoms with Crippen LogP contribution in [0.4, 0.5) is 11.6 Å². The lowest BCUT2D eigenvalue weighted by molar-refractivity contribution is 0.414. The zero-order valence-electron chi connectivity index (χ0n) is 11.8. The number of methoxy groups -OCH3 is 2. The molecule has 0 spiro atoms. The Morgan fingerprint density at radius 2 is 1.90 bits per heavy atom. The van der Waals surface area contributed by atoms with Gasteiger partial charge in [-0.05, 0) is 17.7 Å². The van der Waals surface area contributed by atoms with Crippen LogP contribution in [0.25, 0.3) is 0 Å². The predicted molar refractivity (Wildman–Crippen MR) is 78.5 cm³/mol. The van der Waals surface area contributed by atoms with Crippen molar-refractivity contribution in [2.75, 3.05) is 31.9 Å². The summed E-state index contributed by atoms with van der Waals surface area (Å²) >= 11 is 0. The summed E-state index contributed by atoms with van der Waals surface area (Å²) in [6.45, 7) is 0.619. The fourth-order valence-electron chi connectivity index (χ4n) is 1.84. The maximum Gasteiger partial charge on any atom is 0.204 e. The van der Waals surface area contributed by atoms with E-state index in [1.807, 2.05) is 24.3 Å². The van der Waals surface area contributed by atoms with Gasteiger partial charge in [0.05, 0.1) is 14.2 Å². The molecule has 6 nitrogen and oxygen atoms in total. The molecule has 0 aliphatic carbocycles. The Morgan fingerprint density at radius 1 is 1.10 bits per heavy atom. The molecule has 0 saturated heterocycles. The number of nitrogens with zero attached hydrogens (tertiary/aromatic N) is 2. The molecule has 0 atom stereocenters. The van der Waals surface area contributed by atoms with Gasteiger partial charge in [0.15, 0.2) is 11.6 Å². The van der Waals surface area contributed by atoms with Gasteiger partial charge in [-0.3, -0.25) is 0 Å². The number of anilines is 2. The van der Waals surface area contributed by atoms with Crippen molar-refractivity contribution in [1.82, 2.24) is 9.97 Å². The van der Waals surface area contributed by atoms with Crippen LogP contribution in [0.1, 0.15) is 5.56 Å². The summed E-state index contributed by atoms with van der Waals surface area (Å²) < 4.78 is 10.5. The molecule has 0 aliphatic heterocycles. The molecule has 0 fully saturated rings. The second-order valence-electron chi connectivity index (χ2n) is 4.06. The summed E-state index contributed by atoms with van der Waals surface area (Å²) in [7, 11) is 5.03. The Balaban J connectivity index is 2.14. The van der Waals surface area contributed by atoms with Gasteiger partial charge in [0.1, 0.15) is 12.1 Å². The monoisotopic (exact) mass is 274 g/mol. The number of hydrogen-bond acceptors (Lipinski definition) is 6. The van der Waals surface area contributed by atoms with Gasteiger partial charge in [-0.25, -0.2) is 9.97 Å². The molecule has 106 valence electrons. The first-order chi connectivity index (χ1) is 9.78. The average molecular weight is 274 g/mol. The summed E-state index contributed by atoms with van der Waals surface area (Å²) in [4.78, 5) is 8.30. The van der Waals surface area contributed by atoms with Crippen molar-refractivity contribution in [3.05, 3.63) is 36.2 Å². The molecular formula is C14H18N4O2. The van der Waals surface area contributed by atoms with Crippen molar-refractivity contribution in [3.63, 3.8) is 0 Å². The number of aromatic nitrogens is 2. The van der Waals surface area contributed by atoms with Crippen LogP contribution >= 0.6 is 0 Å². The van der Waals surface area contributed by atoms with Crippen LogP contribution < -0.4 is 20.1 Å². The van der Waals surface area contributed by atoms with Crippen LogP contribution in [0.15, 0.2) is 30.6 Å². The molecule has 6 heteroatoms. The highest BCUT2D eigenvalue weighted by Crippen LogP contribution is 2.28. The van der Waals surface area contributed by atoms with Crippen molar-refractivity contribution in [3.8, 4) is 11.5 Å². The lowest BCUT2D eigenvalue weighted by Gasteiger charge is -2.13. The minimum Gasteiger partial charge on any atom is -0.497 e. The molecule has 1 aromatic heterocycles. The highest BCUT2D eigenvalue weighted by molar-refractivity contribution is 5.63. The summed E-state index contributed by atoms with van der Waals surface area (Å²) in [6, 6.07) is 7.85. The molecule has 1 heterocycles. The largest absolute Gasteiger partial charge is 0.497 e. The van der Waals surface area contributed by atoms with Gasteiger partial charge >= 0.3 is 0 Å². The Hall–Kier alpha value is -2.50. The molecular weight excluding hydrogens is 256 g/mol. The number of rotatable bonds is 6. The molecule has 2 rings (SSSR count). The van der Waals surface area contributed by atoms with Gasteiger partial charge in [-0.15, -0.1) is 0 Å². The van der Waals surface area contributed by atoms with Gasteiger partial charge in [-0.1, -0.05) is 12.1 Å². The lowest BCUT2D eigenvalue weighted by atomic mass is 10.2. The van der Waals surface area contributed by atoms with E-state index in [1.54, 1.807) is 21.3 Å². The zero-order valence-corrected chi connectivity index (χ0v) is 11.8. The first-order valence-electron chi connectivity index (χ1n) is 6.22. The zero-order chi connectivity index (χ0) is 14.4. The molecule has 2 aromatic rings. The summed E-state index contributed by atoms with van der Waals surface area (Å²) in [5, 5.41) is 6.20. The van der Waals surface area contributed by atoms with E-state index in [-0.39, 0.29) is 0 Å². The van der Waals surface area contributed by atoms with Gasteiger partial charge in [0, 0.05) is 13.6 Å². The molecule has 20 heavy (non-hydrogen) atoms. The van der Waals surface area contributed by atoms with Crippen molar-refractivity contribution in [2.45, 2.75) is 6.54 Å². The van der Waals surface area contributed by atoms with Gasteiger partial charge in [0.25, 0.3) is 0 Å². The molecule has 1 aromatic carbocycles. The second-order valence-corrected chi connectivity index (χ2v) is 4.06. The fraction of sp³-hybridized carbons (Fsp3) is 0.286. The normalized spacial score (nSPS) is 9.95. The molecule has 0 amide bonds. The highest BCUT2D eigenvalue weighted by Gasteiger charge is 2.10. The Bertz CT molecular complexity index is 575. The van der Waals surface area contributed by atoms with Crippen LogP contribution in [0.5, 0.6) is 11.5 Å². The van der Waals surface area contributed by atoms with E-state index in [9.17, 15) is 0 Å². The number of benzene rings is 1. The van der Waals surface area contributed by atoms with E-state index in [2.05, 4.69) is 20.6 Å². The third-order valence-electron chi connectivity index (χ3n) is 2.84. The average Bonchev–Trinajstić information content (AvgIpc) is 2.52. The summed E-state index contributed by atoms with van der Waals surface area (Å²) in [5.74, 6) is 2.72. The van der Waals surface area contributed by atoms with Gasteiger partial charge < -0.3 is 20.1 Å². The van der Waals surface area contributed by atoms with Crippen LogP contribution in [-0.4, -0.2) is 31.2 Å². The van der Waals surface area contributed by atoms with Crippen molar-refractivity contribution < 1.29 is 9.47 Å². The molecule has 0 unspecified atom stereocenters. The van der Waals surface area contributed by atoms with Crippen LogP contribution in [-0.2, 0) is 6.54 Å². The number of hydrogen-bond donors (Lipinski definition) is 2. The predicted octanol–water partition coefficient (Wildman–Crippen LogP) is 2.15. The molecule has 2 N–H and O–H groups in total. The summed E-state index contributed by atoms with van der Waals surface area (Å²) in [5.41, 5.74) is 1.09. The van der Waals surface area contributed by atoms with E-state index in [0.29, 0.717) is 23.9 Å². The Morgan fingerprint density at radius 3 is 2.60 bits per heavy atom. The first-order valence-corrected chi connectivity index (χ1v) is 6.22. The van der Waals surface area contributed by atoms with E-state index in [0.717, 1.165) is 11.3 Å². The number of nitrogens with one attached hydrogen (secondary N) is 2. The van der Waals surface area contributed by atoms with E-state index < -0.39 is 0 Å². The first kappa shape index (κ1) is 13.9. The van der Waals surface area contributed by atoms with Crippen LogP contribution in [0.3, 0.4) is 0 Å². The third-order valence-corrected chi connectivity index (χ3v) is 2.84. The SMILES string of the molecule is CNc1ncnc(NCc2cccc(OC)c2)c1OC. The van der Waals surface area contributed by atoms with Crippen LogP contribution in [0, 0.1) is 0 Å². The van der Waals surface area contributed by atoms with Gasteiger partial charge in [-0.2, -0.15) is 0 Å². The maximum absolute atomic E-state index is 5.33. The second kappa shape index (κ2) is 6.60. The topological polar surface area (TPSA) is 68.3 Å². The molecule has 0 saturated carbocycles. The quantitative estimate of drug-likeness (QED) is 0.841. The third kappa shape index (κ3) is 3.09. The Kier molecular flexibility index (Phi) is 4.60. The minimum absolute atomic E-state index is 0.595. The lowest BCUT2D eigenvalue weighted by Crippen LogP contribution is -2.06. The number of ether oxygens (including phenoxy) is 2. The van der Waals surface area contributed by atoms with E-state index >= 15 is 0 Å². The van der Waals surface area contributed by atoms with Crippen molar-refractivity contribution in [1.29, 1.82) is 0 Å². The van der Waals surface area contributed by atoms with Crippen molar-refractivity contribution in [2.24, 2.45) is 0 Å². The van der Waals surface area contributed by atoms with Crippen LogP contribution in [0.2, 0.25) is 0 Å². The van der Waals surface area contributed by atoms with E-state index in [1.165, 1.54) is 6.33 Å². The summed E-state index contributed by atoms with van der Waals surface area (Å²) in [6.07, 6.45) is 1.49. The molecule has 0 aliphatic rings.